The number of benzene rings is 1. The van der Waals surface area contributed by atoms with Gasteiger partial charge in [0, 0.05) is 13.1 Å². The molecule has 0 radical (unpaired) electrons. The Hall–Kier alpha value is -2.78. The van der Waals surface area contributed by atoms with Crippen molar-refractivity contribution in [2.45, 2.75) is 13.1 Å². The molecule has 116 valence electrons. The maximum atomic E-state index is 12.4. The molecule has 0 fully saturated rings. The van der Waals surface area contributed by atoms with Gasteiger partial charge in [-0.3, -0.25) is 9.59 Å². The van der Waals surface area contributed by atoms with Crippen LogP contribution < -0.4 is 5.32 Å². The van der Waals surface area contributed by atoms with E-state index in [1.165, 1.54) is 11.1 Å². The van der Waals surface area contributed by atoms with E-state index in [9.17, 15) is 9.59 Å². The average Bonchev–Trinajstić information content (AvgIpc) is 2.99. The van der Waals surface area contributed by atoms with Crippen LogP contribution in [-0.2, 0) is 17.9 Å². The molecule has 0 aliphatic carbocycles. The summed E-state index contributed by atoms with van der Waals surface area (Å²) in [5.74, 6) is 2.05. The lowest BCUT2D eigenvalue weighted by molar-refractivity contribution is -0.126. The fraction of sp³-hybridized carbons (Fsp3) is 0.188. The number of aromatic nitrogens is 2. The lowest BCUT2D eigenvalue weighted by Crippen LogP contribution is -2.38. The first-order valence-corrected chi connectivity index (χ1v) is 7.33. The van der Waals surface area contributed by atoms with Crippen LogP contribution in [0.5, 0.6) is 0 Å². The highest BCUT2D eigenvalue weighted by Gasteiger charge is 2.25. The lowest BCUT2D eigenvalue weighted by atomic mass is 10.3. The number of terminal acetylenes is 1. The minimum absolute atomic E-state index is 0.294. The summed E-state index contributed by atoms with van der Waals surface area (Å²) in [6.07, 6.45) is 6.62. The lowest BCUT2D eigenvalue weighted by Gasteiger charge is -2.26. The van der Waals surface area contributed by atoms with Crippen molar-refractivity contribution in [3.63, 3.8) is 0 Å². The summed E-state index contributed by atoms with van der Waals surface area (Å²) in [6.45, 7) is 1.20. The Morgan fingerprint density at radius 2 is 2.09 bits per heavy atom. The van der Waals surface area contributed by atoms with Gasteiger partial charge in [-0.1, -0.05) is 23.7 Å². The molecule has 0 spiro atoms. The maximum absolute atomic E-state index is 12.4. The minimum atomic E-state index is -0.374. The molecule has 2 amide bonds. The zero-order chi connectivity index (χ0) is 16.4. The number of nitrogens with zero attached hydrogens (tertiary/aromatic N) is 3. The Labute approximate surface area is 138 Å². The van der Waals surface area contributed by atoms with Gasteiger partial charge in [-0.25, -0.2) is 4.98 Å². The second-order valence-corrected chi connectivity index (χ2v) is 5.42. The number of imidazole rings is 1. The summed E-state index contributed by atoms with van der Waals surface area (Å²) in [5.41, 5.74) is 0.961. The number of amides is 2. The van der Waals surface area contributed by atoms with Crippen LogP contribution in [0.4, 0.5) is 5.69 Å². The molecule has 2 aromatic rings. The smallest absolute Gasteiger partial charge is 0.298 e. The van der Waals surface area contributed by atoms with Gasteiger partial charge in [-0.15, -0.1) is 6.42 Å². The SMILES string of the molecule is C#CC(=O)N1CCn2c(C(=O)Nc3ccccc3Cl)cnc2C1. The normalized spacial score (nSPS) is 13.1. The summed E-state index contributed by atoms with van der Waals surface area (Å²) in [7, 11) is 0. The largest absolute Gasteiger partial charge is 0.323 e. The van der Waals surface area contributed by atoms with Crippen molar-refractivity contribution < 1.29 is 9.59 Å². The van der Waals surface area contributed by atoms with Crippen LogP contribution in [0.2, 0.25) is 5.02 Å². The average molecular weight is 329 g/mol. The van der Waals surface area contributed by atoms with Gasteiger partial charge in [-0.05, 0) is 18.1 Å². The summed E-state index contributed by atoms with van der Waals surface area (Å²) in [5, 5.41) is 3.23. The molecule has 1 aromatic heterocycles. The third-order valence-electron chi connectivity index (χ3n) is 3.63. The molecule has 3 rings (SSSR count). The molecule has 0 bridgehead atoms. The third-order valence-corrected chi connectivity index (χ3v) is 3.96. The van der Waals surface area contributed by atoms with E-state index in [-0.39, 0.29) is 11.8 Å². The number of para-hydroxylation sites is 1. The van der Waals surface area contributed by atoms with Crippen molar-refractivity contribution in [3.05, 3.63) is 47.0 Å². The van der Waals surface area contributed by atoms with E-state index < -0.39 is 0 Å². The van der Waals surface area contributed by atoms with Gasteiger partial charge < -0.3 is 14.8 Å². The Balaban J connectivity index is 1.80. The number of hydrogen-bond donors (Lipinski definition) is 1. The predicted octanol–water partition coefficient (Wildman–Crippen LogP) is 1.76. The Morgan fingerprint density at radius 1 is 1.30 bits per heavy atom. The van der Waals surface area contributed by atoms with Gasteiger partial charge in [0.05, 0.1) is 23.5 Å². The maximum Gasteiger partial charge on any atom is 0.298 e. The summed E-state index contributed by atoms with van der Waals surface area (Å²) in [6, 6.07) is 7.00. The van der Waals surface area contributed by atoms with Gasteiger partial charge in [-0.2, -0.15) is 0 Å². The standard InChI is InChI=1S/C16H13ClN4O2/c1-2-15(22)20-7-8-21-13(9-18-14(21)10-20)16(23)19-12-6-4-3-5-11(12)17/h1,3-6,9H,7-8,10H2,(H,19,23). The second kappa shape index (κ2) is 6.15. The first-order valence-electron chi connectivity index (χ1n) is 6.96. The van der Waals surface area contributed by atoms with Crippen LogP contribution in [0, 0.1) is 12.3 Å². The van der Waals surface area contributed by atoms with Gasteiger partial charge in [0.1, 0.15) is 11.5 Å². The predicted molar refractivity (Wildman–Crippen MR) is 85.9 cm³/mol. The Morgan fingerprint density at radius 3 is 2.83 bits per heavy atom. The van der Waals surface area contributed by atoms with Crippen LogP contribution >= 0.6 is 11.6 Å². The van der Waals surface area contributed by atoms with Crippen LogP contribution in [0.3, 0.4) is 0 Å². The number of rotatable bonds is 2. The van der Waals surface area contributed by atoms with Crippen LogP contribution in [0.15, 0.2) is 30.5 Å². The van der Waals surface area contributed by atoms with Crippen LogP contribution in [0.1, 0.15) is 16.3 Å². The van der Waals surface area contributed by atoms with Crippen molar-refractivity contribution in [1.29, 1.82) is 0 Å². The molecule has 1 aliphatic heterocycles. The Kier molecular flexibility index (Phi) is 4.04. The van der Waals surface area contributed by atoms with Gasteiger partial charge >= 0.3 is 0 Å². The first kappa shape index (κ1) is 15.1. The fourth-order valence-electron chi connectivity index (χ4n) is 2.46. The summed E-state index contributed by atoms with van der Waals surface area (Å²) >= 11 is 6.04. The highest BCUT2D eigenvalue weighted by atomic mass is 35.5. The van der Waals surface area contributed by atoms with Crippen LogP contribution in [0.25, 0.3) is 0 Å². The molecule has 7 heteroatoms. The number of halogens is 1. The molecule has 2 heterocycles. The molecule has 23 heavy (non-hydrogen) atoms. The number of nitrogens with one attached hydrogen (secondary N) is 1. The zero-order valence-corrected chi connectivity index (χ0v) is 12.9. The molecular weight excluding hydrogens is 316 g/mol. The summed E-state index contributed by atoms with van der Waals surface area (Å²) < 4.78 is 1.78. The highest BCUT2D eigenvalue weighted by molar-refractivity contribution is 6.33. The molecule has 0 saturated carbocycles. The monoisotopic (exact) mass is 328 g/mol. The fourth-order valence-corrected chi connectivity index (χ4v) is 2.64. The molecule has 0 atom stereocenters. The molecule has 1 aliphatic rings. The molecule has 0 unspecified atom stereocenters. The van der Waals surface area contributed by atoms with E-state index in [4.69, 9.17) is 18.0 Å². The van der Waals surface area contributed by atoms with E-state index in [2.05, 4.69) is 16.2 Å². The van der Waals surface area contributed by atoms with E-state index in [0.29, 0.717) is 41.9 Å². The van der Waals surface area contributed by atoms with Gasteiger partial charge in [0.15, 0.2) is 0 Å². The van der Waals surface area contributed by atoms with E-state index in [0.717, 1.165) is 0 Å². The van der Waals surface area contributed by atoms with Crippen molar-refractivity contribution in [2.24, 2.45) is 0 Å². The zero-order valence-electron chi connectivity index (χ0n) is 12.1. The van der Waals surface area contributed by atoms with E-state index >= 15 is 0 Å². The minimum Gasteiger partial charge on any atom is -0.323 e. The molecule has 0 saturated heterocycles. The molecular formula is C16H13ClN4O2. The van der Waals surface area contributed by atoms with Crippen molar-refractivity contribution in [3.8, 4) is 12.3 Å². The van der Waals surface area contributed by atoms with Crippen molar-refractivity contribution in [1.82, 2.24) is 14.5 Å². The van der Waals surface area contributed by atoms with E-state index in [1.807, 2.05) is 0 Å². The number of carbonyl (C=O) groups excluding carboxylic acids is 2. The first-order chi connectivity index (χ1) is 11.1. The number of fused-ring (bicyclic) bond motifs is 1. The third kappa shape index (κ3) is 2.91. The number of carbonyl (C=O) groups is 2. The van der Waals surface area contributed by atoms with Gasteiger partial charge in [0.25, 0.3) is 11.8 Å². The molecule has 1 N–H and O–H groups in total. The number of anilines is 1. The van der Waals surface area contributed by atoms with Crippen molar-refractivity contribution in [2.75, 3.05) is 11.9 Å². The summed E-state index contributed by atoms with van der Waals surface area (Å²) in [4.78, 5) is 29.7. The topological polar surface area (TPSA) is 67.2 Å². The van der Waals surface area contributed by atoms with E-state index in [1.54, 1.807) is 28.8 Å². The molecule has 1 aromatic carbocycles. The number of hydrogen-bond acceptors (Lipinski definition) is 3. The highest BCUT2D eigenvalue weighted by Crippen LogP contribution is 2.22. The Bertz CT molecular complexity index is 822. The van der Waals surface area contributed by atoms with Crippen molar-refractivity contribution >= 4 is 29.1 Å². The second-order valence-electron chi connectivity index (χ2n) is 5.02. The van der Waals surface area contributed by atoms with Gasteiger partial charge in [0.2, 0.25) is 0 Å². The molecule has 6 nitrogen and oxygen atoms in total. The van der Waals surface area contributed by atoms with Crippen LogP contribution in [-0.4, -0.2) is 32.8 Å². The quantitative estimate of drug-likeness (QED) is 0.854.